The van der Waals surface area contributed by atoms with Crippen molar-refractivity contribution < 1.29 is 9.53 Å². The molecule has 1 saturated heterocycles. The zero-order valence-corrected chi connectivity index (χ0v) is 14.6. The Hall–Kier alpha value is -1.53. The second-order valence-electron chi connectivity index (χ2n) is 5.63. The second kappa shape index (κ2) is 8.03. The highest BCUT2D eigenvalue weighted by molar-refractivity contribution is 7.99. The van der Waals surface area contributed by atoms with Crippen LogP contribution in [0.5, 0.6) is 0 Å². The Kier molecular flexibility index (Phi) is 5.79. The third-order valence-electron chi connectivity index (χ3n) is 3.81. The summed E-state index contributed by atoms with van der Waals surface area (Å²) in [5.74, 6) is -0.111. The van der Waals surface area contributed by atoms with Gasteiger partial charge in [-0.25, -0.2) is 0 Å². The fourth-order valence-electron chi connectivity index (χ4n) is 2.57. The first-order valence-corrected chi connectivity index (χ1v) is 9.03. The van der Waals surface area contributed by atoms with Gasteiger partial charge in [-0.05, 0) is 55.3 Å². The SMILES string of the molecule is NC[C@H]1CC[C@@H](C(=O)Nc2cccc(Sc3ccc(Cl)cc3)c2)O1. The molecule has 1 fully saturated rings. The molecule has 0 spiro atoms. The Morgan fingerprint density at radius 1 is 1.21 bits per heavy atom. The van der Waals surface area contributed by atoms with E-state index in [0.29, 0.717) is 18.0 Å². The molecule has 1 aliphatic heterocycles. The van der Waals surface area contributed by atoms with Crippen molar-refractivity contribution in [3.63, 3.8) is 0 Å². The molecule has 2 aromatic rings. The van der Waals surface area contributed by atoms with E-state index in [1.54, 1.807) is 11.8 Å². The number of ether oxygens (including phenoxy) is 1. The van der Waals surface area contributed by atoms with Crippen LogP contribution >= 0.6 is 23.4 Å². The van der Waals surface area contributed by atoms with E-state index in [-0.39, 0.29) is 12.0 Å². The van der Waals surface area contributed by atoms with Gasteiger partial charge in [0.25, 0.3) is 5.91 Å². The summed E-state index contributed by atoms with van der Waals surface area (Å²) in [5, 5.41) is 3.64. The lowest BCUT2D eigenvalue weighted by atomic mass is 10.2. The van der Waals surface area contributed by atoms with E-state index in [1.807, 2.05) is 48.5 Å². The normalized spacial score (nSPS) is 20.1. The minimum Gasteiger partial charge on any atom is -0.364 e. The highest BCUT2D eigenvalue weighted by Crippen LogP contribution is 2.30. The van der Waals surface area contributed by atoms with E-state index in [1.165, 1.54) is 0 Å². The van der Waals surface area contributed by atoms with Crippen LogP contribution in [0.2, 0.25) is 5.02 Å². The molecule has 0 bridgehead atoms. The molecule has 0 unspecified atom stereocenters. The van der Waals surface area contributed by atoms with Crippen LogP contribution in [-0.4, -0.2) is 24.7 Å². The van der Waals surface area contributed by atoms with Gasteiger partial charge in [0.1, 0.15) is 6.10 Å². The number of carbonyl (C=O) groups excluding carboxylic acids is 1. The molecule has 0 aromatic heterocycles. The number of nitrogens with two attached hydrogens (primary N) is 1. The average Bonchev–Trinajstić information content (AvgIpc) is 3.07. The Bertz CT molecular complexity index is 708. The summed E-state index contributed by atoms with van der Waals surface area (Å²) < 4.78 is 5.63. The summed E-state index contributed by atoms with van der Waals surface area (Å²) in [5.41, 5.74) is 6.35. The first-order valence-electron chi connectivity index (χ1n) is 7.84. The summed E-state index contributed by atoms with van der Waals surface area (Å²) in [6.07, 6.45) is 1.13. The molecule has 0 aliphatic carbocycles. The van der Waals surface area contributed by atoms with Gasteiger partial charge in [0, 0.05) is 27.0 Å². The Morgan fingerprint density at radius 2 is 2.00 bits per heavy atom. The van der Waals surface area contributed by atoms with Gasteiger partial charge in [-0.3, -0.25) is 4.79 Å². The number of benzene rings is 2. The van der Waals surface area contributed by atoms with Crippen LogP contribution in [0, 0.1) is 0 Å². The van der Waals surface area contributed by atoms with Gasteiger partial charge in [-0.15, -0.1) is 0 Å². The van der Waals surface area contributed by atoms with E-state index in [4.69, 9.17) is 22.1 Å². The lowest BCUT2D eigenvalue weighted by Crippen LogP contribution is -2.29. The lowest BCUT2D eigenvalue weighted by molar-refractivity contribution is -0.126. The average molecular weight is 363 g/mol. The number of rotatable bonds is 5. The predicted octanol–water partition coefficient (Wildman–Crippen LogP) is 3.94. The summed E-state index contributed by atoms with van der Waals surface area (Å²) in [4.78, 5) is 14.4. The van der Waals surface area contributed by atoms with Crippen molar-refractivity contribution >= 4 is 35.0 Å². The van der Waals surface area contributed by atoms with Crippen molar-refractivity contribution in [3.8, 4) is 0 Å². The molecule has 3 N–H and O–H groups in total. The molecule has 4 nitrogen and oxygen atoms in total. The van der Waals surface area contributed by atoms with E-state index in [2.05, 4.69) is 5.32 Å². The van der Waals surface area contributed by atoms with Crippen LogP contribution in [0.25, 0.3) is 0 Å². The number of halogens is 1. The van der Waals surface area contributed by atoms with Gasteiger partial charge in [0.15, 0.2) is 0 Å². The third kappa shape index (κ3) is 4.51. The molecular weight excluding hydrogens is 344 g/mol. The zero-order chi connectivity index (χ0) is 16.9. The van der Waals surface area contributed by atoms with Crippen LogP contribution in [0.4, 0.5) is 5.69 Å². The fourth-order valence-corrected chi connectivity index (χ4v) is 3.57. The lowest BCUT2D eigenvalue weighted by Gasteiger charge is -2.13. The molecule has 126 valence electrons. The van der Waals surface area contributed by atoms with Crippen molar-refractivity contribution in [1.82, 2.24) is 0 Å². The van der Waals surface area contributed by atoms with Crippen LogP contribution < -0.4 is 11.1 Å². The van der Waals surface area contributed by atoms with Gasteiger partial charge >= 0.3 is 0 Å². The Morgan fingerprint density at radius 3 is 2.71 bits per heavy atom. The van der Waals surface area contributed by atoms with Crippen molar-refractivity contribution in [2.24, 2.45) is 5.73 Å². The maximum absolute atomic E-state index is 12.3. The molecule has 1 aliphatic rings. The topological polar surface area (TPSA) is 64.4 Å². The van der Waals surface area contributed by atoms with Crippen molar-refractivity contribution in [1.29, 1.82) is 0 Å². The quantitative estimate of drug-likeness (QED) is 0.845. The molecule has 0 radical (unpaired) electrons. The smallest absolute Gasteiger partial charge is 0.253 e. The number of anilines is 1. The summed E-state index contributed by atoms with van der Waals surface area (Å²) in [7, 11) is 0. The standard InChI is InChI=1S/C18H19ClN2O2S/c19-12-4-7-15(8-5-12)24-16-3-1-2-13(10-16)21-18(22)17-9-6-14(11-20)23-17/h1-5,7-8,10,14,17H,6,9,11,20H2,(H,21,22)/t14-,17+/m1/s1. The Labute approximate surface area is 150 Å². The Balaban J connectivity index is 1.62. The molecule has 2 atom stereocenters. The first-order chi connectivity index (χ1) is 11.6. The van der Waals surface area contributed by atoms with Gasteiger partial charge in [0.05, 0.1) is 6.10 Å². The van der Waals surface area contributed by atoms with Crippen molar-refractivity contribution in [2.75, 3.05) is 11.9 Å². The van der Waals surface area contributed by atoms with Crippen LogP contribution in [-0.2, 0) is 9.53 Å². The largest absolute Gasteiger partial charge is 0.364 e. The van der Waals surface area contributed by atoms with Crippen LogP contribution in [0.3, 0.4) is 0 Å². The monoisotopic (exact) mass is 362 g/mol. The molecule has 6 heteroatoms. The van der Waals surface area contributed by atoms with E-state index in [9.17, 15) is 4.79 Å². The van der Waals surface area contributed by atoms with Crippen LogP contribution in [0.15, 0.2) is 58.3 Å². The van der Waals surface area contributed by atoms with Gasteiger partial charge < -0.3 is 15.8 Å². The number of hydrogen-bond acceptors (Lipinski definition) is 4. The van der Waals surface area contributed by atoms with E-state index < -0.39 is 6.10 Å². The highest BCUT2D eigenvalue weighted by Gasteiger charge is 2.29. The first kappa shape index (κ1) is 17.3. The summed E-state index contributed by atoms with van der Waals surface area (Å²) in [6.45, 7) is 0.455. The number of hydrogen-bond donors (Lipinski definition) is 2. The minimum absolute atomic E-state index is 0.00690. The molecule has 0 saturated carbocycles. The fraction of sp³-hybridized carbons (Fsp3) is 0.278. The maximum Gasteiger partial charge on any atom is 0.253 e. The van der Waals surface area contributed by atoms with Crippen molar-refractivity contribution in [3.05, 3.63) is 53.6 Å². The maximum atomic E-state index is 12.3. The molecule has 3 rings (SSSR count). The summed E-state index contributed by atoms with van der Waals surface area (Å²) in [6, 6.07) is 15.4. The second-order valence-corrected chi connectivity index (χ2v) is 7.22. The van der Waals surface area contributed by atoms with E-state index >= 15 is 0 Å². The van der Waals surface area contributed by atoms with Crippen LogP contribution in [0.1, 0.15) is 12.8 Å². The molecule has 1 amide bonds. The molecule has 1 heterocycles. The van der Waals surface area contributed by atoms with Gasteiger partial charge in [-0.1, -0.05) is 29.4 Å². The molecule has 2 aromatic carbocycles. The molecular formula is C18H19ClN2O2S. The zero-order valence-electron chi connectivity index (χ0n) is 13.1. The predicted molar refractivity (Wildman–Crippen MR) is 97.6 cm³/mol. The highest BCUT2D eigenvalue weighted by atomic mass is 35.5. The number of amides is 1. The van der Waals surface area contributed by atoms with Crippen molar-refractivity contribution in [2.45, 2.75) is 34.8 Å². The van der Waals surface area contributed by atoms with Gasteiger partial charge in [-0.2, -0.15) is 0 Å². The van der Waals surface area contributed by atoms with Gasteiger partial charge in [0.2, 0.25) is 0 Å². The third-order valence-corrected chi connectivity index (χ3v) is 5.06. The summed E-state index contributed by atoms with van der Waals surface area (Å²) >= 11 is 7.52. The molecule has 24 heavy (non-hydrogen) atoms. The number of nitrogens with one attached hydrogen (secondary N) is 1. The number of carbonyl (C=O) groups is 1. The minimum atomic E-state index is -0.411. The van der Waals surface area contributed by atoms with E-state index in [0.717, 1.165) is 21.9 Å².